The van der Waals surface area contributed by atoms with E-state index in [4.69, 9.17) is 5.11 Å². The summed E-state index contributed by atoms with van der Waals surface area (Å²) in [5.74, 6) is -0.500. The zero-order valence-electron chi connectivity index (χ0n) is 12.1. The van der Waals surface area contributed by atoms with Crippen LogP contribution in [0, 0.1) is 5.92 Å². The number of carboxylic acid groups (broad SMARTS) is 1. The minimum absolute atomic E-state index is 0.0842. The Morgan fingerprint density at radius 2 is 2.14 bits per heavy atom. The molecule has 0 unspecified atom stereocenters. The first-order valence-corrected chi connectivity index (χ1v) is 8.54. The molecule has 1 aliphatic rings. The maximum absolute atomic E-state index is 12.4. The summed E-state index contributed by atoms with van der Waals surface area (Å²) in [4.78, 5) is 10.6. The maximum atomic E-state index is 12.4. The van der Waals surface area contributed by atoms with Gasteiger partial charge < -0.3 is 5.11 Å². The number of sulfonamides is 1. The number of aryl methyl sites for hydroxylation is 1. The van der Waals surface area contributed by atoms with Gasteiger partial charge in [0.25, 0.3) is 0 Å². The van der Waals surface area contributed by atoms with Gasteiger partial charge in [0, 0.05) is 19.8 Å². The quantitative estimate of drug-likeness (QED) is 0.815. The van der Waals surface area contributed by atoms with Gasteiger partial charge in [-0.1, -0.05) is 12.8 Å². The highest BCUT2D eigenvalue weighted by molar-refractivity contribution is 7.89. The zero-order valence-corrected chi connectivity index (χ0v) is 12.9. The lowest BCUT2D eigenvalue weighted by Crippen LogP contribution is -2.31. The molecule has 1 saturated carbocycles. The molecule has 1 aliphatic carbocycles. The van der Waals surface area contributed by atoms with Gasteiger partial charge in [-0.05, 0) is 18.8 Å². The summed E-state index contributed by atoms with van der Waals surface area (Å²) < 4.78 is 27.6. The van der Waals surface area contributed by atoms with Crippen LogP contribution >= 0.6 is 0 Å². The molecule has 118 valence electrons. The fourth-order valence-electron chi connectivity index (χ4n) is 2.64. The summed E-state index contributed by atoms with van der Waals surface area (Å²) in [6.07, 6.45) is 7.09. The van der Waals surface area contributed by atoms with Crippen LogP contribution in [0.5, 0.6) is 0 Å². The largest absolute Gasteiger partial charge is 0.481 e. The van der Waals surface area contributed by atoms with Crippen LogP contribution < -0.4 is 0 Å². The van der Waals surface area contributed by atoms with Gasteiger partial charge in [-0.2, -0.15) is 5.10 Å². The Morgan fingerprint density at radius 3 is 2.76 bits per heavy atom. The van der Waals surface area contributed by atoms with Gasteiger partial charge >= 0.3 is 5.97 Å². The highest BCUT2D eigenvalue weighted by Crippen LogP contribution is 2.26. The van der Waals surface area contributed by atoms with Crippen LogP contribution in [0.2, 0.25) is 0 Å². The van der Waals surface area contributed by atoms with E-state index in [9.17, 15) is 13.2 Å². The topological polar surface area (TPSA) is 92.5 Å². The molecule has 0 saturated heterocycles. The molecule has 0 bridgehead atoms. The smallest absolute Gasteiger partial charge is 0.305 e. The molecule has 8 heteroatoms. The van der Waals surface area contributed by atoms with Crippen LogP contribution in [0.15, 0.2) is 17.3 Å². The first-order chi connectivity index (χ1) is 9.89. The average Bonchev–Trinajstić information content (AvgIpc) is 3.07. The molecular formula is C13H21N3O4S. The fourth-order valence-corrected chi connectivity index (χ4v) is 3.85. The van der Waals surface area contributed by atoms with E-state index in [1.165, 1.54) is 34.2 Å². The van der Waals surface area contributed by atoms with Crippen LogP contribution in [0.1, 0.15) is 32.1 Å². The number of hydrogen-bond acceptors (Lipinski definition) is 4. The van der Waals surface area contributed by atoms with E-state index >= 15 is 0 Å². The molecule has 7 nitrogen and oxygen atoms in total. The van der Waals surface area contributed by atoms with Crippen LogP contribution in [0.25, 0.3) is 0 Å². The van der Waals surface area contributed by atoms with Crippen molar-refractivity contribution in [3.8, 4) is 0 Å². The lowest BCUT2D eigenvalue weighted by atomic mass is 10.1. The van der Waals surface area contributed by atoms with Crippen molar-refractivity contribution in [2.24, 2.45) is 5.92 Å². The van der Waals surface area contributed by atoms with Gasteiger partial charge in [0.1, 0.15) is 4.90 Å². The zero-order chi connectivity index (χ0) is 15.5. The Balaban J connectivity index is 2.02. The number of rotatable bonds is 7. The van der Waals surface area contributed by atoms with Crippen LogP contribution in [-0.4, -0.2) is 47.2 Å². The molecule has 0 spiro atoms. The third-order valence-corrected chi connectivity index (χ3v) is 5.64. The van der Waals surface area contributed by atoms with Crippen molar-refractivity contribution >= 4 is 16.0 Å². The molecule has 1 N–H and O–H groups in total. The van der Waals surface area contributed by atoms with E-state index in [0.29, 0.717) is 12.5 Å². The molecule has 21 heavy (non-hydrogen) atoms. The van der Waals surface area contributed by atoms with Crippen molar-refractivity contribution in [3.63, 3.8) is 0 Å². The summed E-state index contributed by atoms with van der Waals surface area (Å²) in [5.41, 5.74) is 0. The van der Waals surface area contributed by atoms with Crippen molar-refractivity contribution in [2.75, 3.05) is 13.6 Å². The molecule has 1 fully saturated rings. The standard InChI is InChI=1S/C13H21N3O4S/c1-15(9-11-4-2-3-5-11)21(19,20)12-8-14-16(10-12)7-6-13(17)18/h8,10-11H,2-7,9H2,1H3,(H,17,18). The van der Waals surface area contributed by atoms with Crippen LogP contribution in [-0.2, 0) is 21.4 Å². The molecule has 1 heterocycles. The minimum Gasteiger partial charge on any atom is -0.481 e. The SMILES string of the molecule is CN(CC1CCCC1)S(=O)(=O)c1cnn(CCC(=O)O)c1. The van der Waals surface area contributed by atoms with Crippen LogP contribution in [0.3, 0.4) is 0 Å². The average molecular weight is 315 g/mol. The van der Waals surface area contributed by atoms with E-state index < -0.39 is 16.0 Å². The summed E-state index contributed by atoms with van der Waals surface area (Å²) in [6, 6.07) is 0. The summed E-state index contributed by atoms with van der Waals surface area (Å²) in [7, 11) is -1.96. The first-order valence-electron chi connectivity index (χ1n) is 7.10. The van der Waals surface area contributed by atoms with E-state index in [-0.39, 0.29) is 17.9 Å². The predicted octanol–water partition coefficient (Wildman–Crippen LogP) is 1.17. The molecule has 0 aromatic carbocycles. The van der Waals surface area contributed by atoms with E-state index in [1.54, 1.807) is 7.05 Å². The monoisotopic (exact) mass is 315 g/mol. The molecule has 0 amide bonds. The van der Waals surface area contributed by atoms with Crippen molar-refractivity contribution in [2.45, 2.75) is 43.5 Å². The van der Waals surface area contributed by atoms with Crippen molar-refractivity contribution in [3.05, 3.63) is 12.4 Å². The lowest BCUT2D eigenvalue weighted by Gasteiger charge is -2.19. The van der Waals surface area contributed by atoms with Crippen molar-refractivity contribution in [1.82, 2.24) is 14.1 Å². The van der Waals surface area contributed by atoms with Crippen molar-refractivity contribution in [1.29, 1.82) is 0 Å². The van der Waals surface area contributed by atoms with E-state index in [0.717, 1.165) is 12.8 Å². The van der Waals surface area contributed by atoms with Gasteiger partial charge in [-0.3, -0.25) is 9.48 Å². The van der Waals surface area contributed by atoms with Gasteiger partial charge in [0.15, 0.2) is 0 Å². The number of aromatic nitrogens is 2. The Hall–Kier alpha value is -1.41. The van der Waals surface area contributed by atoms with Gasteiger partial charge in [-0.15, -0.1) is 0 Å². The number of aliphatic carboxylic acids is 1. The summed E-state index contributed by atoms with van der Waals surface area (Å²) >= 11 is 0. The van der Waals surface area contributed by atoms with Gasteiger partial charge in [0.05, 0.1) is 19.2 Å². The molecule has 0 atom stereocenters. The number of nitrogens with zero attached hydrogens (tertiary/aromatic N) is 3. The minimum atomic E-state index is -3.54. The highest BCUT2D eigenvalue weighted by atomic mass is 32.2. The Labute approximate surface area is 124 Å². The summed E-state index contributed by atoms with van der Waals surface area (Å²) in [5, 5.41) is 12.5. The fraction of sp³-hybridized carbons (Fsp3) is 0.692. The molecular weight excluding hydrogens is 294 g/mol. The predicted molar refractivity (Wildman–Crippen MR) is 76.3 cm³/mol. The number of carbonyl (C=O) groups is 1. The maximum Gasteiger partial charge on any atom is 0.305 e. The molecule has 0 radical (unpaired) electrons. The Morgan fingerprint density at radius 1 is 1.48 bits per heavy atom. The molecule has 1 aromatic rings. The van der Waals surface area contributed by atoms with Crippen molar-refractivity contribution < 1.29 is 18.3 Å². The molecule has 1 aromatic heterocycles. The van der Waals surface area contributed by atoms with E-state index in [1.807, 2.05) is 0 Å². The first kappa shape index (κ1) is 16.0. The second-order valence-electron chi connectivity index (χ2n) is 5.52. The number of carboxylic acids is 1. The van der Waals surface area contributed by atoms with Gasteiger partial charge in [0.2, 0.25) is 10.0 Å². The molecule has 2 rings (SSSR count). The Kier molecular flexibility index (Phi) is 5.00. The third-order valence-electron chi connectivity index (χ3n) is 3.86. The van der Waals surface area contributed by atoms with Gasteiger partial charge in [-0.25, -0.2) is 12.7 Å². The summed E-state index contributed by atoms with van der Waals surface area (Å²) in [6.45, 7) is 0.694. The molecule has 0 aliphatic heterocycles. The lowest BCUT2D eigenvalue weighted by molar-refractivity contribution is -0.137. The highest BCUT2D eigenvalue weighted by Gasteiger charge is 2.26. The normalized spacial score (nSPS) is 16.7. The Bertz CT molecular complexity index is 590. The third kappa shape index (κ3) is 4.04. The van der Waals surface area contributed by atoms with Crippen LogP contribution in [0.4, 0.5) is 0 Å². The second kappa shape index (κ2) is 6.57. The second-order valence-corrected chi connectivity index (χ2v) is 7.56. The number of hydrogen-bond donors (Lipinski definition) is 1. The van der Waals surface area contributed by atoms with E-state index in [2.05, 4.69) is 5.10 Å².